The zero-order valence-electron chi connectivity index (χ0n) is 8.70. The van der Waals surface area contributed by atoms with Gasteiger partial charge in [0, 0.05) is 24.2 Å². The van der Waals surface area contributed by atoms with Crippen LogP contribution in [0.4, 0.5) is 0 Å². The minimum Gasteiger partial charge on any atom is -0.329 e. The predicted molar refractivity (Wildman–Crippen MR) is 61.6 cm³/mol. The quantitative estimate of drug-likeness (QED) is 0.830. The van der Waals surface area contributed by atoms with E-state index in [1.165, 1.54) is 5.56 Å². The Morgan fingerprint density at radius 3 is 2.79 bits per heavy atom. The second kappa shape index (κ2) is 5.35. The van der Waals surface area contributed by atoms with Gasteiger partial charge in [-0.2, -0.15) is 0 Å². The fourth-order valence-electron chi connectivity index (χ4n) is 1.42. The van der Waals surface area contributed by atoms with E-state index in [9.17, 15) is 0 Å². The standard InChI is InChI=1S/C11H17ClN2/c1-9(14(2)7-6-13)10-4-3-5-11(12)8-10/h3-5,8-9H,6-7,13H2,1-2H3/t9-/m1/s1. The molecule has 1 rings (SSSR count). The lowest BCUT2D eigenvalue weighted by Gasteiger charge is -2.24. The number of nitrogens with two attached hydrogens (primary N) is 1. The van der Waals surface area contributed by atoms with E-state index in [1.807, 2.05) is 18.2 Å². The normalized spacial score (nSPS) is 13.2. The van der Waals surface area contributed by atoms with Crippen molar-refractivity contribution in [3.63, 3.8) is 0 Å². The number of rotatable bonds is 4. The van der Waals surface area contributed by atoms with E-state index in [1.54, 1.807) is 0 Å². The third-order valence-corrected chi connectivity index (χ3v) is 2.71. The van der Waals surface area contributed by atoms with Crippen LogP contribution >= 0.6 is 11.6 Å². The maximum absolute atomic E-state index is 5.93. The molecule has 0 saturated carbocycles. The summed E-state index contributed by atoms with van der Waals surface area (Å²) in [6.07, 6.45) is 0. The van der Waals surface area contributed by atoms with Gasteiger partial charge in [-0.1, -0.05) is 23.7 Å². The second-order valence-corrected chi connectivity index (χ2v) is 3.94. The molecule has 3 heteroatoms. The summed E-state index contributed by atoms with van der Waals surface area (Å²) in [6.45, 7) is 3.73. The van der Waals surface area contributed by atoms with Crippen LogP contribution < -0.4 is 5.73 Å². The van der Waals surface area contributed by atoms with Gasteiger partial charge in [-0.05, 0) is 31.7 Å². The first-order valence-electron chi connectivity index (χ1n) is 4.81. The molecule has 0 saturated heterocycles. The largest absolute Gasteiger partial charge is 0.329 e. The molecule has 1 aromatic carbocycles. The molecule has 78 valence electrons. The van der Waals surface area contributed by atoms with Crippen molar-refractivity contribution in [1.82, 2.24) is 4.90 Å². The first kappa shape index (κ1) is 11.5. The van der Waals surface area contributed by atoms with E-state index in [0.29, 0.717) is 12.6 Å². The van der Waals surface area contributed by atoms with E-state index >= 15 is 0 Å². The summed E-state index contributed by atoms with van der Waals surface area (Å²) >= 11 is 5.93. The molecule has 2 N–H and O–H groups in total. The van der Waals surface area contributed by atoms with Crippen LogP contribution in [0.3, 0.4) is 0 Å². The molecule has 0 fully saturated rings. The SMILES string of the molecule is C[C@H](c1cccc(Cl)c1)N(C)CCN. The number of likely N-dealkylation sites (N-methyl/N-ethyl adjacent to an activating group) is 1. The van der Waals surface area contributed by atoms with Crippen molar-refractivity contribution in [1.29, 1.82) is 0 Å². The van der Waals surface area contributed by atoms with Gasteiger partial charge in [0.25, 0.3) is 0 Å². The van der Waals surface area contributed by atoms with Crippen molar-refractivity contribution in [2.75, 3.05) is 20.1 Å². The summed E-state index contributed by atoms with van der Waals surface area (Å²) in [4.78, 5) is 2.21. The fourth-order valence-corrected chi connectivity index (χ4v) is 1.62. The third kappa shape index (κ3) is 2.98. The molecule has 0 aliphatic rings. The van der Waals surface area contributed by atoms with Crippen molar-refractivity contribution in [3.05, 3.63) is 34.9 Å². The maximum atomic E-state index is 5.93. The monoisotopic (exact) mass is 212 g/mol. The Morgan fingerprint density at radius 1 is 1.50 bits per heavy atom. The average molecular weight is 213 g/mol. The van der Waals surface area contributed by atoms with Crippen LogP contribution in [0.15, 0.2) is 24.3 Å². The van der Waals surface area contributed by atoms with Gasteiger partial charge >= 0.3 is 0 Å². The van der Waals surface area contributed by atoms with Crippen molar-refractivity contribution in [2.24, 2.45) is 5.73 Å². The molecule has 0 aromatic heterocycles. The number of halogens is 1. The molecule has 0 radical (unpaired) electrons. The maximum Gasteiger partial charge on any atom is 0.0409 e. The number of benzene rings is 1. The summed E-state index contributed by atoms with van der Waals surface area (Å²) in [7, 11) is 2.07. The van der Waals surface area contributed by atoms with Gasteiger partial charge in [0.05, 0.1) is 0 Å². The van der Waals surface area contributed by atoms with E-state index in [-0.39, 0.29) is 0 Å². The lowest BCUT2D eigenvalue weighted by molar-refractivity contribution is 0.269. The predicted octanol–water partition coefficient (Wildman–Crippen LogP) is 2.29. The molecule has 0 bridgehead atoms. The van der Waals surface area contributed by atoms with Crippen molar-refractivity contribution >= 4 is 11.6 Å². The molecule has 2 nitrogen and oxygen atoms in total. The van der Waals surface area contributed by atoms with Crippen molar-refractivity contribution in [2.45, 2.75) is 13.0 Å². The van der Waals surface area contributed by atoms with Gasteiger partial charge < -0.3 is 5.73 Å². The first-order valence-corrected chi connectivity index (χ1v) is 5.18. The van der Waals surface area contributed by atoms with E-state index in [2.05, 4.69) is 24.9 Å². The van der Waals surface area contributed by atoms with Crippen LogP contribution in [-0.2, 0) is 0 Å². The Hall–Kier alpha value is -0.570. The first-order chi connectivity index (χ1) is 6.65. The number of hydrogen-bond donors (Lipinski definition) is 1. The third-order valence-electron chi connectivity index (χ3n) is 2.47. The van der Waals surface area contributed by atoms with Gasteiger partial charge in [0.15, 0.2) is 0 Å². The highest BCUT2D eigenvalue weighted by Crippen LogP contribution is 2.21. The van der Waals surface area contributed by atoms with Gasteiger partial charge in [0.2, 0.25) is 0 Å². The van der Waals surface area contributed by atoms with Crippen LogP contribution in [-0.4, -0.2) is 25.0 Å². The highest BCUT2D eigenvalue weighted by molar-refractivity contribution is 6.30. The fraction of sp³-hybridized carbons (Fsp3) is 0.455. The molecule has 0 aliphatic carbocycles. The van der Waals surface area contributed by atoms with Crippen LogP contribution in [0.1, 0.15) is 18.5 Å². The molecular weight excluding hydrogens is 196 g/mol. The van der Waals surface area contributed by atoms with Crippen LogP contribution in [0.5, 0.6) is 0 Å². The van der Waals surface area contributed by atoms with E-state index in [4.69, 9.17) is 17.3 Å². The molecule has 14 heavy (non-hydrogen) atoms. The van der Waals surface area contributed by atoms with Crippen molar-refractivity contribution in [3.8, 4) is 0 Å². The number of hydrogen-bond acceptors (Lipinski definition) is 2. The summed E-state index contributed by atoms with van der Waals surface area (Å²) in [6, 6.07) is 8.31. The Balaban J connectivity index is 2.73. The van der Waals surface area contributed by atoms with Crippen LogP contribution in [0.2, 0.25) is 5.02 Å². The molecular formula is C11H17ClN2. The summed E-state index contributed by atoms with van der Waals surface area (Å²) in [5, 5.41) is 0.787. The Morgan fingerprint density at radius 2 is 2.21 bits per heavy atom. The smallest absolute Gasteiger partial charge is 0.0409 e. The van der Waals surface area contributed by atoms with Gasteiger partial charge in [-0.3, -0.25) is 4.90 Å². The van der Waals surface area contributed by atoms with Crippen LogP contribution in [0.25, 0.3) is 0 Å². The zero-order valence-corrected chi connectivity index (χ0v) is 9.46. The Labute approximate surface area is 90.7 Å². The lowest BCUT2D eigenvalue weighted by Crippen LogP contribution is -2.28. The molecule has 0 aliphatic heterocycles. The molecule has 0 spiro atoms. The lowest BCUT2D eigenvalue weighted by atomic mass is 10.1. The molecule has 0 heterocycles. The number of nitrogens with zero attached hydrogens (tertiary/aromatic N) is 1. The van der Waals surface area contributed by atoms with Gasteiger partial charge in [-0.15, -0.1) is 0 Å². The topological polar surface area (TPSA) is 29.3 Å². The highest BCUT2D eigenvalue weighted by Gasteiger charge is 2.10. The van der Waals surface area contributed by atoms with Gasteiger partial charge in [-0.25, -0.2) is 0 Å². The average Bonchev–Trinajstić information content (AvgIpc) is 2.17. The molecule has 1 aromatic rings. The highest BCUT2D eigenvalue weighted by atomic mass is 35.5. The minimum atomic E-state index is 0.359. The summed E-state index contributed by atoms with van der Waals surface area (Å²) < 4.78 is 0. The minimum absolute atomic E-state index is 0.359. The Bertz CT molecular complexity index is 288. The molecule has 0 amide bonds. The molecule has 1 atom stereocenters. The van der Waals surface area contributed by atoms with E-state index < -0.39 is 0 Å². The van der Waals surface area contributed by atoms with Crippen molar-refractivity contribution < 1.29 is 0 Å². The van der Waals surface area contributed by atoms with Gasteiger partial charge in [0.1, 0.15) is 0 Å². The molecule has 0 unspecified atom stereocenters. The van der Waals surface area contributed by atoms with E-state index in [0.717, 1.165) is 11.6 Å². The summed E-state index contributed by atoms with van der Waals surface area (Å²) in [5.41, 5.74) is 6.74. The summed E-state index contributed by atoms with van der Waals surface area (Å²) in [5.74, 6) is 0. The van der Waals surface area contributed by atoms with Crippen LogP contribution in [0, 0.1) is 0 Å². The second-order valence-electron chi connectivity index (χ2n) is 3.50. The zero-order chi connectivity index (χ0) is 10.6. The Kier molecular flexibility index (Phi) is 4.39.